The smallest absolute Gasteiger partial charge is 0.320 e. The predicted molar refractivity (Wildman–Crippen MR) is 227 cm³/mol. The topological polar surface area (TPSA) is 242 Å². The fraction of sp³-hybridized carbons (Fsp3) is 0.789. The molecule has 16 heteroatoms. The lowest BCUT2D eigenvalue weighted by molar-refractivity contribution is -0.149. The Hall–Kier alpha value is -3.25. The van der Waals surface area contributed by atoms with Gasteiger partial charge in [0.15, 0.2) is 0 Å². The SMILES string of the molecule is C.C.CC(=O)CCC(C)C(=O)O.CC(=O)CCC(C)C(=O)OCC[Si](C)(C)C.CC(=O)CCC(N)C(=O)O.CC(CCC(=O)O)C(=O)OCC[Si](C)(C)C.[2HH].[2HH].[2HH].[2HH]. The first-order chi connectivity index (χ1) is 23.5. The van der Waals surface area contributed by atoms with Crippen LogP contribution < -0.4 is 5.73 Å². The number of carbonyl (C=O) groups excluding carboxylic acids is 5. The number of carboxylic acid groups (broad SMARTS) is 3. The van der Waals surface area contributed by atoms with Crippen LogP contribution in [0.25, 0.3) is 0 Å². The van der Waals surface area contributed by atoms with Gasteiger partial charge in [-0.3, -0.25) is 24.0 Å². The van der Waals surface area contributed by atoms with Crippen molar-refractivity contribution < 1.29 is 68.9 Å². The lowest BCUT2D eigenvalue weighted by Gasteiger charge is -2.16. The standard InChI is InChI=1S/C12H24O3Si.C11H22O4Si.C7H12O3.C6H11NO3.2CH4.4H2/c1-10(6-7-11(2)13)12(14)15-8-9-16(3,4)5;1-9(5-6-10(12)13)11(14)15-7-8-16(2,3)4;1-5(7(9)10)3-4-6(2)8;1-4(8)2-3-5(7)6(9)10;;;;;;/h10H,6-9H2,1-5H3;9H,5-8H2,1-4H3,(H,12,13);5H,3-4H2,1-2H3,(H,9,10);5H,2-3,7H2,1H3,(H,9,10);2*1H4;4*1H/i;;;;;;4*1+1. The van der Waals surface area contributed by atoms with Crippen molar-refractivity contribution in [2.24, 2.45) is 23.5 Å². The molecule has 328 valence electrons. The third kappa shape index (κ3) is 50.9. The van der Waals surface area contributed by atoms with Gasteiger partial charge in [0.25, 0.3) is 0 Å². The molecule has 0 aromatic rings. The summed E-state index contributed by atoms with van der Waals surface area (Å²) in [6.07, 6.45) is 2.72. The lowest BCUT2D eigenvalue weighted by atomic mass is 10.0. The molecule has 54 heavy (non-hydrogen) atoms. The average Bonchev–Trinajstić information content (AvgIpc) is 2.99. The molecule has 0 aliphatic carbocycles. The maximum atomic E-state index is 11.5. The number of Topliss-reactive ketones (excluding diaryl/α,β-unsaturated/α-hetero) is 3. The molecule has 14 nitrogen and oxygen atoms in total. The van der Waals surface area contributed by atoms with E-state index in [0.29, 0.717) is 45.3 Å². The third-order valence-corrected chi connectivity index (χ3v) is 10.6. The van der Waals surface area contributed by atoms with Crippen LogP contribution in [0.2, 0.25) is 51.4 Å². The Bertz CT molecular complexity index is 1050. The number of ether oxygens (including phenoxy) is 2. The highest BCUT2D eigenvalue weighted by Crippen LogP contribution is 2.13. The Balaban J connectivity index is -0.0000000654. The zero-order chi connectivity index (χ0) is 41.8. The Morgan fingerprint density at radius 3 is 1.09 bits per heavy atom. The van der Waals surface area contributed by atoms with Crippen LogP contribution in [0.5, 0.6) is 0 Å². The van der Waals surface area contributed by atoms with Crippen molar-refractivity contribution in [2.75, 3.05) is 13.2 Å². The summed E-state index contributed by atoms with van der Waals surface area (Å²) in [5, 5.41) is 25.1. The van der Waals surface area contributed by atoms with Crippen molar-refractivity contribution in [1.82, 2.24) is 0 Å². The van der Waals surface area contributed by atoms with Gasteiger partial charge in [0.1, 0.15) is 23.4 Å². The molecule has 0 saturated carbocycles. The van der Waals surface area contributed by atoms with E-state index in [-0.39, 0.29) is 80.9 Å². The molecule has 0 rings (SSSR count). The number of rotatable bonds is 22. The van der Waals surface area contributed by atoms with Crippen LogP contribution in [-0.2, 0) is 47.8 Å². The fourth-order valence-corrected chi connectivity index (χ4v) is 4.65. The molecule has 0 aliphatic rings. The molecule has 4 atom stereocenters. The van der Waals surface area contributed by atoms with E-state index in [0.717, 1.165) is 12.1 Å². The normalized spacial score (nSPS) is 12.5. The minimum atomic E-state index is -1.17. The first-order valence-electron chi connectivity index (χ1n) is 17.8. The van der Waals surface area contributed by atoms with E-state index >= 15 is 0 Å². The molecule has 0 aromatic heterocycles. The van der Waals surface area contributed by atoms with Crippen molar-refractivity contribution in [3.05, 3.63) is 0 Å². The molecule has 0 saturated heterocycles. The van der Waals surface area contributed by atoms with Gasteiger partial charge in [-0.25, -0.2) is 0 Å². The summed E-state index contributed by atoms with van der Waals surface area (Å²) in [7, 11) is -2.29. The fourth-order valence-electron chi connectivity index (χ4n) is 3.22. The van der Waals surface area contributed by atoms with E-state index in [1.807, 2.05) is 6.92 Å². The largest absolute Gasteiger partial charge is 0.481 e. The number of esters is 2. The second-order valence-electron chi connectivity index (χ2n) is 15.6. The number of aliphatic carboxylic acids is 3. The first-order valence-corrected chi connectivity index (χ1v) is 25.2. The molecule has 4 unspecified atom stereocenters. The second kappa shape index (κ2) is 34.3. The highest BCUT2D eigenvalue weighted by atomic mass is 28.3. The minimum absolute atomic E-state index is 0. The summed E-state index contributed by atoms with van der Waals surface area (Å²) >= 11 is 0. The Labute approximate surface area is 333 Å². The molecule has 0 spiro atoms. The zero-order valence-corrected chi connectivity index (χ0v) is 35.8. The van der Waals surface area contributed by atoms with Gasteiger partial charge >= 0.3 is 29.8 Å². The van der Waals surface area contributed by atoms with E-state index < -0.39 is 46.0 Å². The molecule has 0 bridgehead atoms. The van der Waals surface area contributed by atoms with Gasteiger partial charge in [-0.1, -0.05) is 74.9 Å². The van der Waals surface area contributed by atoms with Gasteiger partial charge in [0.05, 0.1) is 31.0 Å². The van der Waals surface area contributed by atoms with Crippen LogP contribution in [0.4, 0.5) is 0 Å². The maximum absolute atomic E-state index is 11.5. The van der Waals surface area contributed by atoms with Crippen LogP contribution in [0.1, 0.15) is 113 Å². The summed E-state index contributed by atoms with van der Waals surface area (Å²) in [6.45, 7) is 23.9. The first kappa shape index (κ1) is 62.7. The summed E-state index contributed by atoms with van der Waals surface area (Å²) in [6, 6.07) is 1.05. The van der Waals surface area contributed by atoms with E-state index in [1.165, 1.54) is 13.8 Å². The number of hydrogen-bond donors (Lipinski definition) is 4. The van der Waals surface area contributed by atoms with Gasteiger partial charge in [-0.2, -0.15) is 0 Å². The highest BCUT2D eigenvalue weighted by molar-refractivity contribution is 6.76. The lowest BCUT2D eigenvalue weighted by Crippen LogP contribution is -2.30. The summed E-state index contributed by atoms with van der Waals surface area (Å²) in [5.41, 5.74) is 5.11. The van der Waals surface area contributed by atoms with Crippen LogP contribution in [0.15, 0.2) is 0 Å². The molecular weight excluding hydrogens is 735 g/mol. The van der Waals surface area contributed by atoms with E-state index in [4.69, 9.17) is 30.5 Å². The van der Waals surface area contributed by atoms with Crippen LogP contribution in [0.3, 0.4) is 0 Å². The third-order valence-electron chi connectivity index (χ3n) is 7.19. The summed E-state index contributed by atoms with van der Waals surface area (Å²) < 4.78 is 10.3. The second-order valence-corrected chi connectivity index (χ2v) is 26.8. The van der Waals surface area contributed by atoms with Gasteiger partial charge in [-0.05, 0) is 58.5 Å². The Morgan fingerprint density at radius 1 is 0.537 bits per heavy atom. The van der Waals surface area contributed by atoms with Gasteiger partial charge in [0, 0.05) is 47.5 Å². The van der Waals surface area contributed by atoms with Gasteiger partial charge in [-0.15, -0.1) is 0 Å². The number of carbonyl (C=O) groups is 8. The quantitative estimate of drug-likeness (QED) is 0.0593. The van der Waals surface area contributed by atoms with Gasteiger partial charge < -0.3 is 44.9 Å². The summed E-state index contributed by atoms with van der Waals surface area (Å²) in [5.74, 6) is -3.94. The average molecular weight is 824 g/mol. The maximum Gasteiger partial charge on any atom is 0.320 e. The zero-order valence-electron chi connectivity index (χ0n) is 33.8. The number of hydrogen-bond acceptors (Lipinski definition) is 11. The molecule has 0 radical (unpaired) electrons. The van der Waals surface area contributed by atoms with E-state index in [2.05, 4.69) is 39.3 Å². The number of ketones is 3. The van der Waals surface area contributed by atoms with Crippen molar-refractivity contribution in [2.45, 2.75) is 165 Å². The number of carboxylic acids is 3. The van der Waals surface area contributed by atoms with Crippen LogP contribution in [-0.4, -0.2) is 97.9 Å². The Kier molecular flexibility index (Phi) is 39.8. The molecule has 0 fully saturated rings. The number of nitrogens with two attached hydrogens (primary N) is 1. The van der Waals surface area contributed by atoms with E-state index in [1.54, 1.807) is 20.8 Å². The van der Waals surface area contributed by atoms with Gasteiger partial charge in [0.2, 0.25) is 0 Å². The summed E-state index contributed by atoms with van der Waals surface area (Å²) in [4.78, 5) is 85.0. The Morgan fingerprint density at radius 2 is 0.833 bits per heavy atom. The monoisotopic (exact) mass is 824 g/mol. The van der Waals surface area contributed by atoms with Crippen molar-refractivity contribution in [3.63, 3.8) is 0 Å². The van der Waals surface area contributed by atoms with Crippen LogP contribution >= 0.6 is 0 Å². The molecule has 0 aromatic carbocycles. The van der Waals surface area contributed by atoms with E-state index in [9.17, 15) is 38.4 Å². The minimum Gasteiger partial charge on any atom is -0.481 e. The highest BCUT2D eigenvalue weighted by Gasteiger charge is 2.19. The molecule has 0 heterocycles. The molecule has 5 N–H and O–H groups in total. The molecule has 0 aliphatic heterocycles. The molecular formula is C38H85NO13Si2. The van der Waals surface area contributed by atoms with Crippen LogP contribution in [0, 0.1) is 17.8 Å². The van der Waals surface area contributed by atoms with Crippen molar-refractivity contribution in [3.8, 4) is 0 Å². The van der Waals surface area contributed by atoms with Crippen molar-refractivity contribution in [1.29, 1.82) is 0 Å². The van der Waals surface area contributed by atoms with Crippen molar-refractivity contribution >= 4 is 63.3 Å². The molecule has 0 amide bonds. The predicted octanol–water partition coefficient (Wildman–Crippen LogP) is 8.34.